The SMILES string of the molecule is CN1C(=O)N(c2c(F)cc(C#Cc3ccccc3)cc2F)C(=O)C[C@@]1(C)c1cnsc1. The lowest BCUT2D eigenvalue weighted by Crippen LogP contribution is -2.60. The number of hydrogen-bond donors (Lipinski definition) is 0. The fourth-order valence-electron chi connectivity index (χ4n) is 3.46. The Morgan fingerprint density at radius 1 is 1.06 bits per heavy atom. The molecule has 4 rings (SSSR count). The smallest absolute Gasteiger partial charge is 0.317 e. The van der Waals surface area contributed by atoms with Crippen LogP contribution in [0.2, 0.25) is 0 Å². The Bertz CT molecular complexity index is 1200. The van der Waals surface area contributed by atoms with Crippen molar-refractivity contribution in [2.75, 3.05) is 11.9 Å². The van der Waals surface area contributed by atoms with Gasteiger partial charge in [-0.25, -0.2) is 22.8 Å². The molecule has 1 atom stereocenters. The van der Waals surface area contributed by atoms with E-state index in [-0.39, 0.29) is 12.0 Å². The van der Waals surface area contributed by atoms with Gasteiger partial charge in [0, 0.05) is 35.3 Å². The minimum atomic E-state index is -1.03. The molecule has 0 aliphatic carbocycles. The summed E-state index contributed by atoms with van der Waals surface area (Å²) in [4.78, 5) is 27.7. The number of hydrogen-bond acceptors (Lipinski definition) is 4. The molecule has 1 aliphatic heterocycles. The molecule has 1 aromatic heterocycles. The maximum Gasteiger partial charge on any atom is 0.332 e. The summed E-state index contributed by atoms with van der Waals surface area (Å²) in [6, 6.07) is 10.2. The largest absolute Gasteiger partial charge is 0.332 e. The predicted octanol–water partition coefficient (Wildman–Crippen LogP) is 4.53. The molecule has 0 unspecified atom stereocenters. The first kappa shape index (κ1) is 20.7. The number of rotatable bonds is 2. The molecule has 8 heteroatoms. The van der Waals surface area contributed by atoms with E-state index in [0.29, 0.717) is 16.0 Å². The molecule has 0 bridgehead atoms. The molecule has 0 radical (unpaired) electrons. The van der Waals surface area contributed by atoms with Gasteiger partial charge in [0.2, 0.25) is 5.91 Å². The van der Waals surface area contributed by atoms with Gasteiger partial charge in [0.15, 0.2) is 11.6 Å². The van der Waals surface area contributed by atoms with E-state index in [2.05, 4.69) is 16.2 Å². The van der Waals surface area contributed by atoms with Crippen molar-refractivity contribution in [3.8, 4) is 11.8 Å². The number of benzene rings is 2. The molecule has 156 valence electrons. The summed E-state index contributed by atoms with van der Waals surface area (Å²) >= 11 is 1.20. The molecule has 1 saturated heterocycles. The summed E-state index contributed by atoms with van der Waals surface area (Å²) < 4.78 is 33.8. The zero-order valence-electron chi connectivity index (χ0n) is 16.7. The standard InChI is InChI=1S/C23H17F2N3O2S/c1-23(17-13-26-31-14-17)12-20(29)28(22(30)27(23)2)21-18(24)10-16(11-19(21)25)9-8-15-6-4-3-5-7-15/h3-7,10-11,13-14H,12H2,1-2H3/t23-/m0/s1. The number of halogens is 2. The molecule has 0 N–H and O–H groups in total. The minimum Gasteiger partial charge on any atom is -0.317 e. The van der Waals surface area contributed by atoms with Gasteiger partial charge in [0.05, 0.1) is 12.0 Å². The van der Waals surface area contributed by atoms with Crippen molar-refractivity contribution < 1.29 is 18.4 Å². The number of carbonyl (C=O) groups is 2. The highest BCUT2D eigenvalue weighted by molar-refractivity contribution is 7.03. The molecule has 2 aromatic carbocycles. The van der Waals surface area contributed by atoms with Crippen LogP contribution in [-0.4, -0.2) is 28.3 Å². The van der Waals surface area contributed by atoms with Crippen molar-refractivity contribution in [1.29, 1.82) is 0 Å². The van der Waals surface area contributed by atoms with E-state index in [9.17, 15) is 18.4 Å². The van der Waals surface area contributed by atoms with Crippen LogP contribution in [0.3, 0.4) is 0 Å². The van der Waals surface area contributed by atoms with Crippen LogP contribution in [0.25, 0.3) is 0 Å². The maximum absolute atomic E-state index is 14.9. The number of anilines is 1. The summed E-state index contributed by atoms with van der Waals surface area (Å²) in [5.74, 6) is 2.76. The minimum absolute atomic E-state index is 0.0991. The van der Waals surface area contributed by atoms with E-state index < -0.39 is 34.8 Å². The van der Waals surface area contributed by atoms with Gasteiger partial charge in [-0.15, -0.1) is 0 Å². The first-order valence-corrected chi connectivity index (χ1v) is 10.2. The first-order valence-electron chi connectivity index (χ1n) is 9.38. The Morgan fingerprint density at radius 2 is 1.71 bits per heavy atom. The van der Waals surface area contributed by atoms with Gasteiger partial charge in [-0.3, -0.25) is 4.79 Å². The molecule has 1 aliphatic rings. The quantitative estimate of drug-likeness (QED) is 0.554. The predicted molar refractivity (Wildman–Crippen MR) is 114 cm³/mol. The van der Waals surface area contributed by atoms with Gasteiger partial charge in [-0.05, 0) is 42.7 Å². The van der Waals surface area contributed by atoms with Crippen LogP contribution < -0.4 is 4.90 Å². The highest BCUT2D eigenvalue weighted by Crippen LogP contribution is 2.39. The second kappa shape index (κ2) is 7.93. The number of aromatic nitrogens is 1. The van der Waals surface area contributed by atoms with Gasteiger partial charge in [0.1, 0.15) is 5.69 Å². The number of urea groups is 1. The fraction of sp³-hybridized carbons (Fsp3) is 0.174. The lowest BCUT2D eigenvalue weighted by atomic mass is 9.87. The van der Waals surface area contributed by atoms with Crippen LogP contribution in [0.15, 0.2) is 54.0 Å². The summed E-state index contributed by atoms with van der Waals surface area (Å²) in [6.45, 7) is 1.72. The molecule has 3 aromatic rings. The Labute approximate surface area is 182 Å². The van der Waals surface area contributed by atoms with Crippen molar-refractivity contribution in [2.45, 2.75) is 18.9 Å². The molecular formula is C23H17F2N3O2S. The normalized spacial score (nSPS) is 18.7. The van der Waals surface area contributed by atoms with E-state index in [4.69, 9.17) is 0 Å². The van der Waals surface area contributed by atoms with E-state index in [1.807, 2.05) is 6.07 Å². The molecule has 31 heavy (non-hydrogen) atoms. The fourth-order valence-corrected chi connectivity index (χ4v) is 4.13. The third kappa shape index (κ3) is 3.68. The Kier molecular flexibility index (Phi) is 5.29. The van der Waals surface area contributed by atoms with E-state index in [0.717, 1.165) is 12.1 Å². The molecule has 2 heterocycles. The Hall–Kier alpha value is -3.57. The Morgan fingerprint density at radius 3 is 2.32 bits per heavy atom. The average molecular weight is 437 g/mol. The van der Waals surface area contributed by atoms with Crippen molar-refractivity contribution in [3.63, 3.8) is 0 Å². The monoisotopic (exact) mass is 437 g/mol. The zero-order chi connectivity index (χ0) is 22.2. The zero-order valence-corrected chi connectivity index (χ0v) is 17.5. The van der Waals surface area contributed by atoms with Gasteiger partial charge in [-0.1, -0.05) is 30.0 Å². The molecule has 0 spiro atoms. The third-order valence-corrected chi connectivity index (χ3v) is 5.97. The summed E-state index contributed by atoms with van der Waals surface area (Å²) in [7, 11) is 1.49. The molecule has 3 amide bonds. The summed E-state index contributed by atoms with van der Waals surface area (Å²) in [5, 5.41) is 1.74. The summed E-state index contributed by atoms with van der Waals surface area (Å²) in [5.41, 5.74) is -0.169. The van der Waals surface area contributed by atoms with Crippen molar-refractivity contribution >= 4 is 29.2 Å². The van der Waals surface area contributed by atoms with Crippen LogP contribution in [0.1, 0.15) is 30.0 Å². The molecular weight excluding hydrogens is 420 g/mol. The highest BCUT2D eigenvalue weighted by atomic mass is 32.1. The number of amides is 3. The van der Waals surface area contributed by atoms with Gasteiger partial charge in [0.25, 0.3) is 0 Å². The van der Waals surface area contributed by atoms with Crippen LogP contribution >= 0.6 is 11.5 Å². The Balaban J connectivity index is 1.68. The van der Waals surface area contributed by atoms with Gasteiger partial charge >= 0.3 is 6.03 Å². The number of nitrogens with zero attached hydrogens (tertiary/aromatic N) is 3. The van der Waals surface area contributed by atoms with E-state index in [1.165, 1.54) is 23.5 Å². The highest BCUT2D eigenvalue weighted by Gasteiger charge is 2.48. The topological polar surface area (TPSA) is 53.5 Å². The average Bonchev–Trinajstić information content (AvgIpc) is 3.29. The maximum atomic E-state index is 14.9. The lowest BCUT2D eigenvalue weighted by molar-refractivity contribution is -0.122. The second-order valence-corrected chi connectivity index (χ2v) is 8.00. The van der Waals surface area contributed by atoms with Crippen molar-refractivity contribution in [2.24, 2.45) is 0 Å². The van der Waals surface area contributed by atoms with Crippen LogP contribution in [-0.2, 0) is 10.3 Å². The number of carbonyl (C=O) groups excluding carboxylic acids is 2. The van der Waals surface area contributed by atoms with Crippen LogP contribution in [0, 0.1) is 23.5 Å². The second-order valence-electron chi connectivity index (χ2n) is 7.34. The van der Waals surface area contributed by atoms with E-state index in [1.54, 1.807) is 42.8 Å². The van der Waals surface area contributed by atoms with Gasteiger partial charge in [-0.2, -0.15) is 0 Å². The van der Waals surface area contributed by atoms with E-state index >= 15 is 0 Å². The molecule has 5 nitrogen and oxygen atoms in total. The first-order chi connectivity index (χ1) is 14.8. The lowest BCUT2D eigenvalue weighted by Gasteiger charge is -2.45. The van der Waals surface area contributed by atoms with Crippen molar-refractivity contribution in [1.82, 2.24) is 9.27 Å². The third-order valence-electron chi connectivity index (χ3n) is 5.38. The van der Waals surface area contributed by atoms with Gasteiger partial charge < -0.3 is 4.90 Å². The molecule has 0 saturated carbocycles. The summed E-state index contributed by atoms with van der Waals surface area (Å²) in [6.07, 6.45) is 1.45. The number of imide groups is 1. The van der Waals surface area contributed by atoms with Crippen LogP contribution in [0.5, 0.6) is 0 Å². The van der Waals surface area contributed by atoms with Crippen molar-refractivity contribution in [3.05, 3.63) is 82.4 Å². The van der Waals surface area contributed by atoms with Crippen LogP contribution in [0.4, 0.5) is 19.3 Å². The molecule has 1 fully saturated rings.